The number of carbonyl (C=O) groups excluding carboxylic acids is 1. The summed E-state index contributed by atoms with van der Waals surface area (Å²) in [4.78, 5) is 14.4. The maximum atomic E-state index is 11.5. The summed E-state index contributed by atoms with van der Waals surface area (Å²) in [6, 6.07) is 2.10. The molecule has 1 atom stereocenters. The quantitative estimate of drug-likeness (QED) is 0.726. The lowest BCUT2D eigenvalue weighted by Gasteiger charge is -2.10. The van der Waals surface area contributed by atoms with E-state index in [0.717, 1.165) is 3.57 Å². The lowest BCUT2D eigenvalue weighted by atomic mass is 10.3. The number of likely N-dealkylation sites (N-methyl/N-ethyl adjacent to an activating group) is 1. The Kier molecular flexibility index (Phi) is 4.40. The van der Waals surface area contributed by atoms with Crippen molar-refractivity contribution in [1.82, 2.24) is 15.6 Å². The van der Waals surface area contributed by atoms with E-state index in [1.165, 1.54) is 0 Å². The highest BCUT2D eigenvalue weighted by Crippen LogP contribution is 2.05. The van der Waals surface area contributed by atoms with Crippen LogP contribution in [0.25, 0.3) is 0 Å². The molecule has 0 aliphatic rings. The standard InChI is InChI=1S/C9H14IN3O/c1-6(11-2)4-13-9(14)8-3-7(10)5-12-8/h3,5-6,11-12H,4H2,1-2H3,(H,13,14). The molecule has 0 saturated heterocycles. The monoisotopic (exact) mass is 307 g/mol. The van der Waals surface area contributed by atoms with Gasteiger partial charge in [0.2, 0.25) is 0 Å². The molecular weight excluding hydrogens is 293 g/mol. The molecule has 0 bridgehead atoms. The molecule has 14 heavy (non-hydrogen) atoms. The fraction of sp³-hybridized carbons (Fsp3) is 0.444. The van der Waals surface area contributed by atoms with Crippen molar-refractivity contribution in [3.63, 3.8) is 0 Å². The van der Waals surface area contributed by atoms with Gasteiger partial charge >= 0.3 is 0 Å². The Bertz CT molecular complexity index is 311. The highest BCUT2D eigenvalue weighted by Gasteiger charge is 2.07. The zero-order chi connectivity index (χ0) is 10.6. The number of nitrogens with one attached hydrogen (secondary N) is 3. The lowest BCUT2D eigenvalue weighted by molar-refractivity contribution is 0.0946. The third-order valence-electron chi connectivity index (χ3n) is 1.95. The van der Waals surface area contributed by atoms with Gasteiger partial charge < -0.3 is 15.6 Å². The maximum absolute atomic E-state index is 11.5. The Balaban J connectivity index is 2.43. The van der Waals surface area contributed by atoms with Crippen LogP contribution >= 0.6 is 22.6 Å². The third-order valence-corrected chi connectivity index (χ3v) is 2.58. The molecule has 0 saturated carbocycles. The number of amides is 1. The molecule has 3 N–H and O–H groups in total. The minimum atomic E-state index is -0.0602. The molecule has 0 fully saturated rings. The van der Waals surface area contributed by atoms with Crippen molar-refractivity contribution >= 4 is 28.5 Å². The number of carbonyl (C=O) groups is 1. The van der Waals surface area contributed by atoms with Crippen LogP contribution in [0, 0.1) is 3.57 Å². The fourth-order valence-corrected chi connectivity index (χ4v) is 1.41. The van der Waals surface area contributed by atoms with Gasteiger partial charge in [0.05, 0.1) is 0 Å². The smallest absolute Gasteiger partial charge is 0.267 e. The Labute approximate surface area is 97.0 Å². The molecule has 0 spiro atoms. The van der Waals surface area contributed by atoms with Crippen LogP contribution in [0.1, 0.15) is 17.4 Å². The Morgan fingerprint density at radius 2 is 2.43 bits per heavy atom. The van der Waals surface area contributed by atoms with Crippen molar-refractivity contribution in [2.24, 2.45) is 0 Å². The van der Waals surface area contributed by atoms with E-state index < -0.39 is 0 Å². The summed E-state index contributed by atoms with van der Waals surface area (Å²) in [5, 5.41) is 5.88. The number of halogens is 1. The minimum absolute atomic E-state index is 0.0602. The second-order valence-electron chi connectivity index (χ2n) is 3.13. The van der Waals surface area contributed by atoms with E-state index in [0.29, 0.717) is 12.2 Å². The molecular formula is C9H14IN3O. The average molecular weight is 307 g/mol. The summed E-state index contributed by atoms with van der Waals surface area (Å²) >= 11 is 2.16. The van der Waals surface area contributed by atoms with E-state index in [1.807, 2.05) is 20.0 Å². The average Bonchev–Trinajstić information content (AvgIpc) is 2.60. The van der Waals surface area contributed by atoms with E-state index >= 15 is 0 Å². The van der Waals surface area contributed by atoms with E-state index in [2.05, 4.69) is 38.2 Å². The number of hydrogen-bond acceptors (Lipinski definition) is 2. The van der Waals surface area contributed by atoms with Gasteiger partial charge in [0.25, 0.3) is 5.91 Å². The number of rotatable bonds is 4. The van der Waals surface area contributed by atoms with Crippen LogP contribution in [0.4, 0.5) is 0 Å². The first kappa shape index (κ1) is 11.5. The zero-order valence-corrected chi connectivity index (χ0v) is 10.4. The number of H-pyrrole nitrogens is 1. The first-order chi connectivity index (χ1) is 6.63. The Morgan fingerprint density at radius 3 is 2.93 bits per heavy atom. The first-order valence-corrected chi connectivity index (χ1v) is 5.50. The normalized spacial score (nSPS) is 12.5. The molecule has 0 radical (unpaired) electrons. The zero-order valence-electron chi connectivity index (χ0n) is 8.23. The predicted octanol–water partition coefficient (Wildman–Crippen LogP) is 0.957. The summed E-state index contributed by atoms with van der Waals surface area (Å²) < 4.78 is 1.04. The number of aromatic amines is 1. The molecule has 4 nitrogen and oxygen atoms in total. The molecule has 0 aliphatic heterocycles. The number of hydrogen-bond donors (Lipinski definition) is 3. The second-order valence-corrected chi connectivity index (χ2v) is 4.38. The van der Waals surface area contributed by atoms with Gasteiger partial charge in [0.15, 0.2) is 0 Å². The predicted molar refractivity (Wildman–Crippen MR) is 64.4 cm³/mol. The van der Waals surface area contributed by atoms with Crippen molar-refractivity contribution in [3.05, 3.63) is 21.5 Å². The fourth-order valence-electron chi connectivity index (χ4n) is 0.942. The van der Waals surface area contributed by atoms with Gasteiger partial charge in [-0.2, -0.15) is 0 Å². The molecule has 78 valence electrons. The van der Waals surface area contributed by atoms with E-state index in [9.17, 15) is 4.79 Å². The van der Waals surface area contributed by atoms with E-state index in [1.54, 1.807) is 6.20 Å². The summed E-state index contributed by atoms with van der Waals surface area (Å²) in [5.41, 5.74) is 0.609. The van der Waals surface area contributed by atoms with Crippen LogP contribution in [-0.4, -0.2) is 30.5 Å². The van der Waals surface area contributed by atoms with Gasteiger partial charge in [-0.3, -0.25) is 4.79 Å². The van der Waals surface area contributed by atoms with E-state index in [-0.39, 0.29) is 11.9 Å². The largest absolute Gasteiger partial charge is 0.356 e. The lowest BCUT2D eigenvalue weighted by Crippen LogP contribution is -2.37. The Hall–Kier alpha value is -0.560. The van der Waals surface area contributed by atoms with Crippen molar-refractivity contribution in [2.45, 2.75) is 13.0 Å². The first-order valence-electron chi connectivity index (χ1n) is 4.43. The molecule has 1 aromatic heterocycles. The van der Waals surface area contributed by atoms with Crippen LogP contribution < -0.4 is 10.6 Å². The van der Waals surface area contributed by atoms with Gasteiger partial charge in [0.1, 0.15) is 5.69 Å². The van der Waals surface area contributed by atoms with Gasteiger partial charge in [0, 0.05) is 22.4 Å². The minimum Gasteiger partial charge on any atom is -0.356 e. The molecule has 5 heteroatoms. The maximum Gasteiger partial charge on any atom is 0.267 e. The van der Waals surface area contributed by atoms with Gasteiger partial charge in [-0.05, 0) is 42.6 Å². The highest BCUT2D eigenvalue weighted by molar-refractivity contribution is 14.1. The molecule has 1 unspecified atom stereocenters. The summed E-state index contributed by atoms with van der Waals surface area (Å²) in [5.74, 6) is -0.0602. The molecule has 0 aliphatic carbocycles. The summed E-state index contributed by atoms with van der Waals surface area (Å²) in [6.07, 6.45) is 1.80. The molecule has 1 rings (SSSR count). The third kappa shape index (κ3) is 3.30. The SMILES string of the molecule is CNC(C)CNC(=O)c1cc(I)c[nH]1. The van der Waals surface area contributed by atoms with Gasteiger partial charge in [-0.15, -0.1) is 0 Å². The van der Waals surface area contributed by atoms with Crippen molar-refractivity contribution < 1.29 is 4.79 Å². The van der Waals surface area contributed by atoms with Crippen LogP contribution in [0.5, 0.6) is 0 Å². The van der Waals surface area contributed by atoms with Gasteiger partial charge in [-0.25, -0.2) is 0 Å². The van der Waals surface area contributed by atoms with Crippen molar-refractivity contribution in [3.8, 4) is 0 Å². The Morgan fingerprint density at radius 1 is 1.71 bits per heavy atom. The highest BCUT2D eigenvalue weighted by atomic mass is 127. The van der Waals surface area contributed by atoms with Crippen LogP contribution in [0.2, 0.25) is 0 Å². The van der Waals surface area contributed by atoms with Crippen LogP contribution in [-0.2, 0) is 0 Å². The molecule has 1 aromatic rings. The topological polar surface area (TPSA) is 56.9 Å². The van der Waals surface area contributed by atoms with Crippen molar-refractivity contribution in [2.75, 3.05) is 13.6 Å². The molecule has 1 heterocycles. The van der Waals surface area contributed by atoms with Gasteiger partial charge in [-0.1, -0.05) is 0 Å². The number of aromatic nitrogens is 1. The van der Waals surface area contributed by atoms with Crippen LogP contribution in [0.15, 0.2) is 12.3 Å². The van der Waals surface area contributed by atoms with Crippen LogP contribution in [0.3, 0.4) is 0 Å². The summed E-state index contributed by atoms with van der Waals surface area (Å²) in [6.45, 7) is 2.64. The van der Waals surface area contributed by atoms with Crippen molar-refractivity contribution in [1.29, 1.82) is 0 Å². The molecule has 0 aromatic carbocycles. The summed E-state index contributed by atoms with van der Waals surface area (Å²) in [7, 11) is 1.87. The molecule has 1 amide bonds. The second kappa shape index (κ2) is 5.35. The van der Waals surface area contributed by atoms with E-state index in [4.69, 9.17) is 0 Å².